The van der Waals surface area contributed by atoms with E-state index in [-0.39, 0.29) is 12.3 Å². The van der Waals surface area contributed by atoms with Crippen molar-refractivity contribution in [3.63, 3.8) is 0 Å². The second-order valence-electron chi connectivity index (χ2n) is 5.62. The fraction of sp³-hybridized carbons (Fsp3) is 0.500. The van der Waals surface area contributed by atoms with Gasteiger partial charge in [-0.3, -0.25) is 9.69 Å². The lowest BCUT2D eigenvalue weighted by molar-refractivity contribution is -0.0758. The molecule has 0 aliphatic carbocycles. The molecule has 1 aromatic rings. The summed E-state index contributed by atoms with van der Waals surface area (Å²) in [4.78, 5) is 14.0. The predicted molar refractivity (Wildman–Crippen MR) is 78.0 cm³/mol. The number of ether oxygens (including phenoxy) is 1. The number of carbonyl (C=O) groups is 1. The fourth-order valence-corrected chi connectivity index (χ4v) is 2.53. The summed E-state index contributed by atoms with van der Waals surface area (Å²) in [7, 11) is 1.83. The van der Waals surface area contributed by atoms with Crippen LogP contribution in [0.5, 0.6) is 0 Å². The molecule has 1 saturated heterocycles. The van der Waals surface area contributed by atoms with Crippen molar-refractivity contribution in [3.8, 4) is 6.07 Å². The Morgan fingerprint density at radius 2 is 2.00 bits per heavy atom. The van der Waals surface area contributed by atoms with E-state index < -0.39 is 5.60 Å². The van der Waals surface area contributed by atoms with Crippen molar-refractivity contribution in [2.75, 3.05) is 33.4 Å². The minimum atomic E-state index is -0.766. The third-order valence-electron chi connectivity index (χ3n) is 3.74. The maximum absolute atomic E-state index is 12.2. The van der Waals surface area contributed by atoms with E-state index >= 15 is 0 Å². The molecule has 0 aromatic heterocycles. The second kappa shape index (κ2) is 6.81. The van der Waals surface area contributed by atoms with Crippen LogP contribution in [0.15, 0.2) is 24.3 Å². The highest BCUT2D eigenvalue weighted by atomic mass is 16.5. The Hall–Kier alpha value is -1.74. The standard InChI is InChI=1S/C16H20N2O3/c1-18(12-16(20)6-8-21-9-7-16)11-15(19)14-4-2-13(10-17)3-5-14/h2-5,20H,6-9,11-12H2,1H3. The predicted octanol–water partition coefficient (Wildman–Crippen LogP) is 1.21. The van der Waals surface area contributed by atoms with Crippen LogP contribution in [-0.4, -0.2) is 54.7 Å². The van der Waals surface area contributed by atoms with E-state index in [2.05, 4.69) is 0 Å². The van der Waals surface area contributed by atoms with Crippen LogP contribution in [0.3, 0.4) is 0 Å². The monoisotopic (exact) mass is 288 g/mol. The number of likely N-dealkylation sites (N-methyl/N-ethyl adjacent to an activating group) is 1. The van der Waals surface area contributed by atoms with E-state index in [1.165, 1.54) is 0 Å². The number of nitrogens with zero attached hydrogens (tertiary/aromatic N) is 2. The summed E-state index contributed by atoms with van der Waals surface area (Å²) in [6, 6.07) is 8.63. The van der Waals surface area contributed by atoms with Crippen LogP contribution >= 0.6 is 0 Å². The Morgan fingerprint density at radius 3 is 2.57 bits per heavy atom. The third-order valence-corrected chi connectivity index (χ3v) is 3.74. The quantitative estimate of drug-likeness (QED) is 0.825. The van der Waals surface area contributed by atoms with Crippen LogP contribution in [-0.2, 0) is 4.74 Å². The first-order valence-electron chi connectivity index (χ1n) is 7.04. The average molecular weight is 288 g/mol. The normalized spacial score (nSPS) is 17.4. The zero-order valence-electron chi connectivity index (χ0n) is 12.2. The van der Waals surface area contributed by atoms with Gasteiger partial charge in [-0.15, -0.1) is 0 Å². The minimum Gasteiger partial charge on any atom is -0.388 e. The van der Waals surface area contributed by atoms with Crippen LogP contribution in [0.4, 0.5) is 0 Å². The summed E-state index contributed by atoms with van der Waals surface area (Å²) in [5.74, 6) is -0.0161. The van der Waals surface area contributed by atoms with Crippen molar-refractivity contribution in [3.05, 3.63) is 35.4 Å². The molecule has 112 valence electrons. The molecule has 0 saturated carbocycles. The highest BCUT2D eigenvalue weighted by Crippen LogP contribution is 2.21. The summed E-state index contributed by atoms with van der Waals surface area (Å²) in [5, 5.41) is 19.2. The van der Waals surface area contributed by atoms with Gasteiger partial charge in [-0.05, 0) is 19.2 Å². The molecule has 0 radical (unpaired) electrons. The van der Waals surface area contributed by atoms with Crippen LogP contribution in [0.2, 0.25) is 0 Å². The topological polar surface area (TPSA) is 73.6 Å². The molecular weight excluding hydrogens is 268 g/mol. The smallest absolute Gasteiger partial charge is 0.176 e. The Morgan fingerprint density at radius 1 is 1.38 bits per heavy atom. The van der Waals surface area contributed by atoms with Gasteiger partial charge in [0.2, 0.25) is 0 Å². The number of nitriles is 1. The summed E-state index contributed by atoms with van der Waals surface area (Å²) in [6.07, 6.45) is 1.20. The Balaban J connectivity index is 1.90. The van der Waals surface area contributed by atoms with Gasteiger partial charge in [-0.2, -0.15) is 5.26 Å². The van der Waals surface area contributed by atoms with Crippen LogP contribution < -0.4 is 0 Å². The maximum Gasteiger partial charge on any atom is 0.176 e. The molecule has 5 heteroatoms. The Kier molecular flexibility index (Phi) is 5.07. The molecule has 0 unspecified atom stereocenters. The molecule has 0 bridgehead atoms. The number of rotatable bonds is 5. The van der Waals surface area contributed by atoms with Crippen molar-refractivity contribution in [2.24, 2.45) is 0 Å². The Labute approximate surface area is 124 Å². The van der Waals surface area contributed by atoms with Gasteiger partial charge in [-0.25, -0.2) is 0 Å². The average Bonchev–Trinajstić information content (AvgIpc) is 2.47. The number of ketones is 1. The molecule has 1 fully saturated rings. The number of hydrogen-bond acceptors (Lipinski definition) is 5. The lowest BCUT2D eigenvalue weighted by Crippen LogP contribution is -2.46. The van der Waals surface area contributed by atoms with Crippen LogP contribution in [0, 0.1) is 11.3 Å². The maximum atomic E-state index is 12.2. The van der Waals surface area contributed by atoms with Gasteiger partial charge in [0.1, 0.15) is 0 Å². The van der Waals surface area contributed by atoms with Crippen molar-refractivity contribution in [2.45, 2.75) is 18.4 Å². The second-order valence-corrected chi connectivity index (χ2v) is 5.62. The van der Waals surface area contributed by atoms with Crippen molar-refractivity contribution in [1.29, 1.82) is 5.26 Å². The molecule has 5 nitrogen and oxygen atoms in total. The number of aliphatic hydroxyl groups is 1. The molecule has 2 rings (SSSR count). The summed E-state index contributed by atoms with van der Waals surface area (Å²) >= 11 is 0. The van der Waals surface area contributed by atoms with E-state index in [4.69, 9.17) is 10.00 Å². The van der Waals surface area contributed by atoms with Crippen LogP contribution in [0.25, 0.3) is 0 Å². The van der Waals surface area contributed by atoms with E-state index in [0.29, 0.717) is 43.7 Å². The summed E-state index contributed by atoms with van der Waals surface area (Å²) < 4.78 is 5.25. The first-order valence-corrected chi connectivity index (χ1v) is 7.04. The summed E-state index contributed by atoms with van der Waals surface area (Å²) in [6.45, 7) is 1.83. The zero-order valence-corrected chi connectivity index (χ0v) is 12.2. The van der Waals surface area contributed by atoms with Crippen LogP contribution in [0.1, 0.15) is 28.8 Å². The molecular formula is C16H20N2O3. The fourth-order valence-electron chi connectivity index (χ4n) is 2.53. The van der Waals surface area contributed by atoms with Crippen molar-refractivity contribution < 1.29 is 14.6 Å². The number of carbonyl (C=O) groups excluding carboxylic acids is 1. The summed E-state index contributed by atoms with van der Waals surface area (Å²) in [5.41, 5.74) is 0.356. The molecule has 1 heterocycles. The van der Waals surface area contributed by atoms with E-state index in [1.54, 1.807) is 24.3 Å². The SMILES string of the molecule is CN(CC(=O)c1ccc(C#N)cc1)CC1(O)CCOCC1. The van der Waals surface area contributed by atoms with Gasteiger partial charge in [0.15, 0.2) is 5.78 Å². The first-order chi connectivity index (χ1) is 10.0. The minimum absolute atomic E-state index is 0.0161. The van der Waals surface area contributed by atoms with E-state index in [9.17, 15) is 9.90 Å². The molecule has 1 N–H and O–H groups in total. The molecule has 1 aliphatic rings. The first kappa shape index (κ1) is 15.6. The van der Waals surface area contributed by atoms with Gasteiger partial charge in [-0.1, -0.05) is 12.1 Å². The zero-order chi connectivity index (χ0) is 15.3. The van der Waals surface area contributed by atoms with Gasteiger partial charge in [0.05, 0.1) is 23.8 Å². The molecule has 0 spiro atoms. The molecule has 1 aliphatic heterocycles. The van der Waals surface area contributed by atoms with E-state index in [0.717, 1.165) is 0 Å². The number of hydrogen-bond donors (Lipinski definition) is 1. The largest absolute Gasteiger partial charge is 0.388 e. The van der Waals surface area contributed by atoms with Gasteiger partial charge in [0, 0.05) is 38.2 Å². The lowest BCUT2D eigenvalue weighted by atomic mass is 9.94. The number of benzene rings is 1. The van der Waals surface area contributed by atoms with E-state index in [1.807, 2.05) is 18.0 Å². The van der Waals surface area contributed by atoms with Gasteiger partial charge < -0.3 is 9.84 Å². The van der Waals surface area contributed by atoms with Crippen molar-refractivity contribution >= 4 is 5.78 Å². The van der Waals surface area contributed by atoms with Gasteiger partial charge >= 0.3 is 0 Å². The number of Topliss-reactive ketones (excluding diaryl/α,β-unsaturated/α-hetero) is 1. The van der Waals surface area contributed by atoms with Crippen molar-refractivity contribution in [1.82, 2.24) is 4.90 Å². The third kappa shape index (κ3) is 4.36. The highest BCUT2D eigenvalue weighted by molar-refractivity contribution is 5.97. The Bertz CT molecular complexity index is 527. The molecule has 1 aromatic carbocycles. The highest BCUT2D eigenvalue weighted by Gasteiger charge is 2.31. The molecule has 21 heavy (non-hydrogen) atoms. The van der Waals surface area contributed by atoms with Gasteiger partial charge in [0.25, 0.3) is 0 Å². The lowest BCUT2D eigenvalue weighted by Gasteiger charge is -2.35. The molecule has 0 amide bonds. The molecule has 0 atom stereocenters.